The van der Waals surface area contributed by atoms with E-state index in [0.717, 1.165) is 12.2 Å². The average molecular weight is 298 g/mol. The van der Waals surface area contributed by atoms with Crippen LogP contribution in [0.1, 0.15) is 61.9 Å². The second-order valence-electron chi connectivity index (χ2n) is 6.82. The summed E-state index contributed by atoms with van der Waals surface area (Å²) in [6.07, 6.45) is 11.0. The van der Waals surface area contributed by atoms with Crippen molar-refractivity contribution in [1.29, 1.82) is 0 Å². The number of aryl methyl sites for hydroxylation is 3. The van der Waals surface area contributed by atoms with Crippen molar-refractivity contribution in [3.05, 3.63) is 23.0 Å². The van der Waals surface area contributed by atoms with Crippen molar-refractivity contribution in [3.63, 3.8) is 0 Å². The lowest BCUT2D eigenvalue weighted by Crippen LogP contribution is -2.33. The van der Waals surface area contributed by atoms with Crippen LogP contribution in [0.5, 0.6) is 0 Å². The summed E-state index contributed by atoms with van der Waals surface area (Å²) in [5.41, 5.74) is 5.38. The van der Waals surface area contributed by atoms with Gasteiger partial charge in [0.05, 0.1) is 11.7 Å². The molecular formula is C18H26N4. The standard InChI is InChI=1S/C18H26N4/c1-3-22-11-7-6-10-15(22)17-16-14-9-5-4-8-13(14)12-19-18(16)21(2)20-17/h12,15H,3-11H2,1-2H3. The fourth-order valence-electron chi connectivity index (χ4n) is 4.38. The molecule has 2 aromatic heterocycles. The third-order valence-electron chi connectivity index (χ3n) is 5.53. The number of pyridine rings is 1. The second kappa shape index (κ2) is 5.65. The van der Waals surface area contributed by atoms with E-state index in [0.29, 0.717) is 6.04 Å². The van der Waals surface area contributed by atoms with Crippen LogP contribution in [0.2, 0.25) is 0 Å². The molecule has 2 aromatic rings. The number of fused-ring (bicyclic) bond motifs is 3. The molecule has 4 heteroatoms. The molecule has 1 fully saturated rings. The predicted molar refractivity (Wildman–Crippen MR) is 89.0 cm³/mol. The molecule has 1 atom stereocenters. The van der Waals surface area contributed by atoms with Crippen molar-refractivity contribution in [3.8, 4) is 0 Å². The Balaban J connectivity index is 1.89. The van der Waals surface area contributed by atoms with Crippen LogP contribution in [0.15, 0.2) is 6.20 Å². The van der Waals surface area contributed by atoms with E-state index < -0.39 is 0 Å². The van der Waals surface area contributed by atoms with Gasteiger partial charge in [0.1, 0.15) is 0 Å². The van der Waals surface area contributed by atoms with Crippen LogP contribution in [0.4, 0.5) is 0 Å². The molecule has 118 valence electrons. The lowest BCUT2D eigenvalue weighted by Gasteiger charge is -2.34. The molecule has 1 unspecified atom stereocenters. The number of nitrogens with zero attached hydrogens (tertiary/aromatic N) is 4. The minimum absolute atomic E-state index is 0.484. The third-order valence-corrected chi connectivity index (χ3v) is 5.53. The Morgan fingerprint density at radius 2 is 2.05 bits per heavy atom. The Kier molecular flexibility index (Phi) is 3.65. The Bertz CT molecular complexity index is 688. The molecule has 1 aliphatic heterocycles. The first-order valence-corrected chi connectivity index (χ1v) is 8.87. The van der Waals surface area contributed by atoms with E-state index in [-0.39, 0.29) is 0 Å². The molecule has 0 amide bonds. The molecule has 1 saturated heterocycles. The molecule has 0 spiro atoms. The summed E-state index contributed by atoms with van der Waals surface area (Å²) in [6, 6.07) is 0.484. The van der Waals surface area contributed by atoms with E-state index in [9.17, 15) is 0 Å². The van der Waals surface area contributed by atoms with Crippen molar-refractivity contribution in [1.82, 2.24) is 19.7 Å². The minimum Gasteiger partial charge on any atom is -0.295 e. The first kappa shape index (κ1) is 14.2. The van der Waals surface area contributed by atoms with E-state index >= 15 is 0 Å². The summed E-state index contributed by atoms with van der Waals surface area (Å²) in [4.78, 5) is 7.35. The second-order valence-corrected chi connectivity index (χ2v) is 6.82. The van der Waals surface area contributed by atoms with Crippen LogP contribution in [0.25, 0.3) is 11.0 Å². The highest BCUT2D eigenvalue weighted by Crippen LogP contribution is 2.37. The van der Waals surface area contributed by atoms with E-state index in [4.69, 9.17) is 10.1 Å². The summed E-state index contributed by atoms with van der Waals surface area (Å²) in [5, 5.41) is 6.31. The maximum atomic E-state index is 4.93. The van der Waals surface area contributed by atoms with Gasteiger partial charge >= 0.3 is 0 Å². The summed E-state index contributed by atoms with van der Waals surface area (Å²) in [6.45, 7) is 4.60. The highest BCUT2D eigenvalue weighted by molar-refractivity contribution is 5.84. The van der Waals surface area contributed by atoms with Crippen LogP contribution in [0.3, 0.4) is 0 Å². The Labute approximate surface area is 132 Å². The summed E-state index contributed by atoms with van der Waals surface area (Å²) < 4.78 is 2.00. The number of likely N-dealkylation sites (tertiary alicyclic amines) is 1. The van der Waals surface area contributed by atoms with Crippen molar-refractivity contribution < 1.29 is 0 Å². The fraction of sp³-hybridized carbons (Fsp3) is 0.667. The monoisotopic (exact) mass is 298 g/mol. The van der Waals surface area contributed by atoms with E-state index in [1.54, 1.807) is 5.56 Å². The molecule has 4 rings (SSSR count). The molecular weight excluding hydrogens is 272 g/mol. The highest BCUT2D eigenvalue weighted by atomic mass is 15.3. The van der Waals surface area contributed by atoms with Crippen LogP contribution < -0.4 is 0 Å². The SMILES string of the molecule is CCN1CCCCC1c1nn(C)c2ncc3c(c12)CCCC3. The lowest BCUT2D eigenvalue weighted by atomic mass is 9.88. The van der Waals surface area contributed by atoms with Crippen LogP contribution >= 0.6 is 0 Å². The minimum atomic E-state index is 0.484. The van der Waals surface area contributed by atoms with Crippen molar-refractivity contribution >= 4 is 11.0 Å². The summed E-state index contributed by atoms with van der Waals surface area (Å²) >= 11 is 0. The summed E-state index contributed by atoms with van der Waals surface area (Å²) in [7, 11) is 2.05. The first-order chi connectivity index (χ1) is 10.8. The largest absolute Gasteiger partial charge is 0.295 e. The Morgan fingerprint density at radius 3 is 2.91 bits per heavy atom. The third kappa shape index (κ3) is 2.16. The van der Waals surface area contributed by atoms with Gasteiger partial charge in [-0.05, 0) is 62.7 Å². The van der Waals surface area contributed by atoms with E-state index in [1.807, 2.05) is 11.7 Å². The molecule has 0 N–H and O–H groups in total. The molecule has 1 aliphatic carbocycles. The van der Waals surface area contributed by atoms with Crippen LogP contribution in [-0.4, -0.2) is 32.8 Å². The molecule has 3 heterocycles. The number of hydrogen-bond donors (Lipinski definition) is 0. The topological polar surface area (TPSA) is 34.0 Å². The smallest absolute Gasteiger partial charge is 0.158 e. The van der Waals surface area contributed by atoms with Gasteiger partial charge < -0.3 is 0 Å². The van der Waals surface area contributed by atoms with Gasteiger partial charge in [-0.2, -0.15) is 5.10 Å². The molecule has 0 saturated carbocycles. The zero-order valence-corrected chi connectivity index (χ0v) is 13.8. The van der Waals surface area contributed by atoms with Gasteiger partial charge in [-0.25, -0.2) is 4.98 Å². The van der Waals surface area contributed by atoms with Crippen molar-refractivity contribution in [2.45, 2.75) is 57.9 Å². The normalized spacial score (nSPS) is 22.9. The molecule has 0 bridgehead atoms. The zero-order chi connectivity index (χ0) is 15.1. The average Bonchev–Trinajstić information content (AvgIpc) is 2.92. The quantitative estimate of drug-likeness (QED) is 0.852. The Morgan fingerprint density at radius 1 is 1.18 bits per heavy atom. The van der Waals surface area contributed by atoms with Crippen LogP contribution in [0, 0.1) is 0 Å². The fourth-order valence-corrected chi connectivity index (χ4v) is 4.38. The Hall–Kier alpha value is -1.42. The van der Waals surface area contributed by atoms with Gasteiger partial charge in [-0.1, -0.05) is 13.3 Å². The van der Waals surface area contributed by atoms with Gasteiger partial charge in [-0.15, -0.1) is 0 Å². The highest BCUT2D eigenvalue weighted by Gasteiger charge is 2.29. The van der Waals surface area contributed by atoms with E-state index in [2.05, 4.69) is 18.0 Å². The van der Waals surface area contributed by atoms with E-state index in [1.165, 1.54) is 68.1 Å². The van der Waals surface area contributed by atoms with Crippen LogP contribution in [-0.2, 0) is 19.9 Å². The maximum absolute atomic E-state index is 4.93. The number of aromatic nitrogens is 3. The number of rotatable bonds is 2. The molecule has 22 heavy (non-hydrogen) atoms. The molecule has 4 nitrogen and oxygen atoms in total. The maximum Gasteiger partial charge on any atom is 0.158 e. The van der Waals surface area contributed by atoms with Crippen molar-refractivity contribution in [2.75, 3.05) is 13.1 Å². The molecule has 0 radical (unpaired) electrons. The first-order valence-electron chi connectivity index (χ1n) is 8.87. The van der Waals surface area contributed by atoms with Gasteiger partial charge in [0.25, 0.3) is 0 Å². The van der Waals surface area contributed by atoms with Gasteiger partial charge in [0.15, 0.2) is 5.65 Å². The number of piperidine rings is 1. The lowest BCUT2D eigenvalue weighted by molar-refractivity contribution is 0.154. The van der Waals surface area contributed by atoms with Gasteiger partial charge in [0.2, 0.25) is 0 Å². The molecule has 0 aromatic carbocycles. The van der Waals surface area contributed by atoms with Gasteiger partial charge in [0, 0.05) is 18.6 Å². The summed E-state index contributed by atoms with van der Waals surface area (Å²) in [5.74, 6) is 0. The molecule has 2 aliphatic rings. The number of hydrogen-bond acceptors (Lipinski definition) is 3. The zero-order valence-electron chi connectivity index (χ0n) is 13.8. The van der Waals surface area contributed by atoms with Crippen molar-refractivity contribution in [2.24, 2.45) is 7.05 Å². The predicted octanol–water partition coefficient (Wildman–Crippen LogP) is 3.39. The van der Waals surface area contributed by atoms with Gasteiger partial charge in [-0.3, -0.25) is 9.58 Å².